The largest absolute Gasteiger partial charge is 0.396 e. The second-order valence-corrected chi connectivity index (χ2v) is 7.51. The number of rotatable bonds is 8. The van der Waals surface area contributed by atoms with Crippen LogP contribution in [-0.4, -0.2) is 32.7 Å². The number of allylic oxidation sites excluding steroid dienone is 8. The predicted octanol–water partition coefficient (Wildman–Crippen LogP) is 3.33. The standard InChI is InChI=1S/C24H24N2O3/c27-12-4-3-5-17-8-11-24-25-20(16-26(24)15-17)9-10-22(28)19-13-18-6-1-2-7-21(18)23(29)14-19/h1-2,6-8,11,13-16,21,27H,3-5,9-10,12H2. The van der Waals surface area contributed by atoms with Gasteiger partial charge in [-0.1, -0.05) is 30.4 Å². The lowest BCUT2D eigenvalue weighted by molar-refractivity contribution is -0.118. The average Bonchev–Trinajstić information content (AvgIpc) is 3.14. The number of aliphatic hydroxyl groups excluding tert-OH is 1. The van der Waals surface area contributed by atoms with Crippen molar-refractivity contribution in [3.63, 3.8) is 0 Å². The zero-order chi connectivity index (χ0) is 20.2. The van der Waals surface area contributed by atoms with Crippen LogP contribution in [0.15, 0.2) is 72.1 Å². The summed E-state index contributed by atoms with van der Waals surface area (Å²) >= 11 is 0. The number of carbonyl (C=O) groups is 2. The molecule has 5 heteroatoms. The molecule has 1 unspecified atom stereocenters. The van der Waals surface area contributed by atoms with Crippen LogP contribution >= 0.6 is 0 Å². The minimum Gasteiger partial charge on any atom is -0.396 e. The molecule has 0 bridgehead atoms. The van der Waals surface area contributed by atoms with Crippen LogP contribution in [0, 0.1) is 5.92 Å². The fraction of sp³-hybridized carbons (Fsp3) is 0.292. The van der Waals surface area contributed by atoms with Gasteiger partial charge in [0, 0.05) is 31.0 Å². The zero-order valence-corrected chi connectivity index (χ0v) is 16.3. The number of hydrogen-bond acceptors (Lipinski definition) is 4. The molecule has 0 amide bonds. The quantitative estimate of drug-likeness (QED) is 0.704. The highest BCUT2D eigenvalue weighted by Crippen LogP contribution is 2.27. The van der Waals surface area contributed by atoms with Crippen LogP contribution in [0.5, 0.6) is 0 Å². The van der Waals surface area contributed by atoms with Crippen LogP contribution in [0.4, 0.5) is 0 Å². The molecule has 0 spiro atoms. The summed E-state index contributed by atoms with van der Waals surface area (Å²) < 4.78 is 1.99. The van der Waals surface area contributed by atoms with Crippen molar-refractivity contribution in [3.8, 4) is 0 Å². The van der Waals surface area contributed by atoms with Crippen molar-refractivity contribution < 1.29 is 14.7 Å². The predicted molar refractivity (Wildman–Crippen MR) is 111 cm³/mol. The highest BCUT2D eigenvalue weighted by Gasteiger charge is 2.25. The summed E-state index contributed by atoms with van der Waals surface area (Å²) in [5.74, 6) is -0.316. The number of unbranched alkanes of at least 4 members (excludes halogenated alkanes) is 1. The van der Waals surface area contributed by atoms with E-state index >= 15 is 0 Å². The van der Waals surface area contributed by atoms with Gasteiger partial charge in [-0.2, -0.15) is 0 Å². The van der Waals surface area contributed by atoms with E-state index in [1.165, 1.54) is 11.6 Å². The Morgan fingerprint density at radius 3 is 2.86 bits per heavy atom. The summed E-state index contributed by atoms with van der Waals surface area (Å²) in [4.78, 5) is 29.5. The topological polar surface area (TPSA) is 71.7 Å². The van der Waals surface area contributed by atoms with Crippen LogP contribution in [0.25, 0.3) is 5.65 Å². The van der Waals surface area contributed by atoms with Gasteiger partial charge >= 0.3 is 0 Å². The number of fused-ring (bicyclic) bond motifs is 2. The van der Waals surface area contributed by atoms with E-state index in [-0.39, 0.29) is 24.1 Å². The number of aliphatic hydroxyl groups is 1. The van der Waals surface area contributed by atoms with E-state index in [0.717, 1.165) is 36.2 Å². The van der Waals surface area contributed by atoms with Gasteiger partial charge in [-0.3, -0.25) is 9.59 Å². The maximum atomic E-state index is 12.6. The summed E-state index contributed by atoms with van der Waals surface area (Å²) in [6, 6.07) is 4.04. The second-order valence-electron chi connectivity index (χ2n) is 7.51. The van der Waals surface area contributed by atoms with Gasteiger partial charge in [-0.05, 0) is 55.0 Å². The summed E-state index contributed by atoms with van der Waals surface area (Å²) in [5, 5.41) is 8.91. The molecule has 1 atom stereocenters. The number of aromatic nitrogens is 2. The number of ketones is 2. The summed E-state index contributed by atoms with van der Waals surface area (Å²) in [6.45, 7) is 0.220. The minimum atomic E-state index is -0.249. The Kier molecular flexibility index (Phi) is 5.67. The van der Waals surface area contributed by atoms with Gasteiger partial charge in [0.15, 0.2) is 11.6 Å². The molecule has 2 aromatic rings. The monoisotopic (exact) mass is 388 g/mol. The fourth-order valence-electron chi connectivity index (χ4n) is 3.76. The third kappa shape index (κ3) is 4.35. The Bertz CT molecular complexity index is 1070. The molecule has 5 nitrogen and oxygen atoms in total. The number of nitrogens with zero attached hydrogens (tertiary/aromatic N) is 2. The molecule has 2 aromatic heterocycles. The molecule has 1 N–H and O–H groups in total. The Morgan fingerprint density at radius 1 is 1.10 bits per heavy atom. The number of aryl methyl sites for hydroxylation is 2. The van der Waals surface area contributed by atoms with Crippen LogP contribution in [-0.2, 0) is 22.4 Å². The Balaban J connectivity index is 1.41. The normalized spacial score (nSPS) is 18.0. The molecule has 2 aliphatic carbocycles. The van der Waals surface area contributed by atoms with E-state index in [4.69, 9.17) is 5.11 Å². The van der Waals surface area contributed by atoms with E-state index in [1.54, 1.807) is 0 Å². The van der Waals surface area contributed by atoms with Gasteiger partial charge in [0.2, 0.25) is 0 Å². The summed E-state index contributed by atoms with van der Waals surface area (Å²) in [5.41, 5.74) is 4.28. The molecule has 0 aromatic carbocycles. The molecule has 2 aliphatic rings. The highest BCUT2D eigenvalue weighted by atomic mass is 16.2. The lowest BCUT2D eigenvalue weighted by Crippen LogP contribution is -2.19. The van der Waals surface area contributed by atoms with E-state index in [2.05, 4.69) is 17.2 Å². The molecule has 0 fully saturated rings. The van der Waals surface area contributed by atoms with Crippen LogP contribution in [0.2, 0.25) is 0 Å². The number of carbonyl (C=O) groups excluding carboxylic acids is 2. The first kappa shape index (κ1) is 19.3. The van der Waals surface area contributed by atoms with Crippen LogP contribution in [0.1, 0.15) is 30.5 Å². The van der Waals surface area contributed by atoms with Crippen molar-refractivity contribution in [3.05, 3.63) is 83.4 Å². The lowest BCUT2D eigenvalue weighted by Gasteiger charge is -2.19. The number of Topliss-reactive ketones (excluding diaryl/α,β-unsaturated/α-hetero) is 1. The van der Waals surface area contributed by atoms with E-state index in [9.17, 15) is 9.59 Å². The van der Waals surface area contributed by atoms with Crippen LogP contribution < -0.4 is 0 Å². The number of pyridine rings is 1. The van der Waals surface area contributed by atoms with Gasteiger partial charge in [0.1, 0.15) is 5.65 Å². The molecule has 4 rings (SSSR count). The maximum absolute atomic E-state index is 12.6. The number of hydrogen-bond donors (Lipinski definition) is 1. The highest BCUT2D eigenvalue weighted by molar-refractivity contribution is 6.09. The molecule has 2 heterocycles. The molecule has 148 valence electrons. The van der Waals surface area contributed by atoms with E-state index < -0.39 is 0 Å². The van der Waals surface area contributed by atoms with Gasteiger partial charge in [0.05, 0.1) is 11.6 Å². The smallest absolute Gasteiger partial charge is 0.167 e. The van der Waals surface area contributed by atoms with Crippen molar-refractivity contribution >= 4 is 17.2 Å². The van der Waals surface area contributed by atoms with Crippen molar-refractivity contribution in [1.29, 1.82) is 0 Å². The molecule has 29 heavy (non-hydrogen) atoms. The Morgan fingerprint density at radius 2 is 2.00 bits per heavy atom. The third-order valence-electron chi connectivity index (χ3n) is 5.35. The summed E-state index contributed by atoms with van der Waals surface area (Å²) in [7, 11) is 0. The first-order valence-corrected chi connectivity index (χ1v) is 10.1. The molecule has 0 aliphatic heterocycles. The molecule has 0 saturated carbocycles. The van der Waals surface area contributed by atoms with E-state index in [0.29, 0.717) is 18.4 Å². The van der Waals surface area contributed by atoms with Gasteiger partial charge < -0.3 is 9.51 Å². The third-order valence-corrected chi connectivity index (χ3v) is 5.35. The molecular formula is C24H24N2O3. The first-order valence-electron chi connectivity index (χ1n) is 10.1. The Hall–Kier alpha value is -3.05. The van der Waals surface area contributed by atoms with Gasteiger partial charge in [0.25, 0.3) is 0 Å². The van der Waals surface area contributed by atoms with Crippen molar-refractivity contribution in [1.82, 2.24) is 9.38 Å². The molecule has 0 radical (unpaired) electrons. The lowest BCUT2D eigenvalue weighted by atomic mass is 9.83. The summed E-state index contributed by atoms with van der Waals surface area (Å²) in [6.07, 6.45) is 18.4. The van der Waals surface area contributed by atoms with Crippen molar-refractivity contribution in [2.75, 3.05) is 6.61 Å². The van der Waals surface area contributed by atoms with Gasteiger partial charge in [-0.15, -0.1) is 0 Å². The molecular weight excluding hydrogens is 364 g/mol. The van der Waals surface area contributed by atoms with Gasteiger partial charge in [-0.25, -0.2) is 4.98 Å². The zero-order valence-electron chi connectivity index (χ0n) is 16.3. The van der Waals surface area contributed by atoms with E-state index in [1.807, 2.05) is 47.0 Å². The minimum absolute atomic E-state index is 0.0333. The second kappa shape index (κ2) is 8.53. The average molecular weight is 388 g/mol. The van der Waals surface area contributed by atoms with Crippen molar-refractivity contribution in [2.45, 2.75) is 32.1 Å². The molecule has 0 saturated heterocycles. The van der Waals surface area contributed by atoms with Crippen molar-refractivity contribution in [2.24, 2.45) is 5.92 Å². The first-order chi connectivity index (χ1) is 14.1. The Labute approximate surface area is 169 Å². The maximum Gasteiger partial charge on any atom is 0.167 e. The SMILES string of the molecule is O=C(CCc1cn2cc(CCCCO)ccc2n1)C1=CC(=O)C2C=CC=CC2=C1. The fourth-order valence-corrected chi connectivity index (χ4v) is 3.76. The van der Waals surface area contributed by atoms with Crippen LogP contribution in [0.3, 0.4) is 0 Å². The number of imidazole rings is 1.